The summed E-state index contributed by atoms with van der Waals surface area (Å²) >= 11 is 0. The monoisotopic (exact) mass is 472 g/mol. The van der Waals surface area contributed by atoms with Crippen molar-refractivity contribution in [2.75, 3.05) is 0 Å². The van der Waals surface area contributed by atoms with Gasteiger partial charge in [0, 0.05) is 12.0 Å². The lowest BCUT2D eigenvalue weighted by molar-refractivity contribution is -0.135. The summed E-state index contributed by atoms with van der Waals surface area (Å²) in [6.45, 7) is 19.2. The van der Waals surface area contributed by atoms with E-state index in [1.807, 2.05) is 0 Å². The molecule has 3 fully saturated rings. The van der Waals surface area contributed by atoms with Gasteiger partial charge in [-0.25, -0.2) is 0 Å². The molecule has 2 nitrogen and oxygen atoms in total. The Hall–Kier alpha value is -0.413. The molecule has 0 aromatic carbocycles. The average Bonchev–Trinajstić information content (AvgIpc) is 3.05. The molecular formula is C30H52O2Si. The van der Waals surface area contributed by atoms with Gasteiger partial charge in [-0.15, -0.1) is 0 Å². The highest BCUT2D eigenvalue weighted by atomic mass is 28.4. The van der Waals surface area contributed by atoms with Crippen LogP contribution in [0.25, 0.3) is 0 Å². The Morgan fingerprint density at radius 2 is 1.73 bits per heavy atom. The van der Waals surface area contributed by atoms with Gasteiger partial charge in [0.05, 0.1) is 0 Å². The van der Waals surface area contributed by atoms with Crippen LogP contribution < -0.4 is 0 Å². The summed E-state index contributed by atoms with van der Waals surface area (Å²) in [5, 5.41) is 0. The first kappa shape index (κ1) is 25.7. The quantitative estimate of drug-likeness (QED) is 0.347. The van der Waals surface area contributed by atoms with Crippen molar-refractivity contribution in [3.05, 3.63) is 11.6 Å². The van der Waals surface area contributed by atoms with Crippen molar-refractivity contribution in [3.63, 3.8) is 0 Å². The number of rotatable bonds is 7. The lowest BCUT2D eigenvalue weighted by atomic mass is 9.46. The van der Waals surface area contributed by atoms with Gasteiger partial charge in [0.25, 0.3) is 0 Å². The Bertz CT molecular complexity index is 764. The van der Waals surface area contributed by atoms with Crippen LogP contribution in [0.3, 0.4) is 0 Å². The zero-order chi connectivity index (χ0) is 24.2. The van der Waals surface area contributed by atoms with Crippen molar-refractivity contribution < 1.29 is 9.22 Å². The molecular weight excluding hydrogens is 420 g/mol. The summed E-state index contributed by atoms with van der Waals surface area (Å²) in [6, 6.07) is 0. The fraction of sp³-hybridized carbons (Fsp3) is 0.900. The standard InChI is InChI=1S/C30H52O2Si/c1-20(2)10-9-11-21(3)24-12-13-25-28-26(15-17-30(24,25)5)29(4)16-14-23(32-33(6,7)8)18-22(29)19-27(28)31/h19-21,23-26,28H,9-18H2,1-8H3/t21-,23?,24-,25+,26+,28+,29+,30-/m1/s1. The average molecular weight is 473 g/mol. The maximum absolute atomic E-state index is 13.7. The van der Waals surface area contributed by atoms with Gasteiger partial charge in [0.2, 0.25) is 0 Å². The van der Waals surface area contributed by atoms with Crippen molar-refractivity contribution in [1.82, 2.24) is 0 Å². The summed E-state index contributed by atoms with van der Waals surface area (Å²) < 4.78 is 6.50. The summed E-state index contributed by atoms with van der Waals surface area (Å²) in [5.74, 6) is 4.34. The molecule has 3 saturated carbocycles. The smallest absolute Gasteiger partial charge is 0.184 e. The van der Waals surface area contributed by atoms with E-state index in [0.29, 0.717) is 29.1 Å². The van der Waals surface area contributed by atoms with Gasteiger partial charge >= 0.3 is 0 Å². The molecule has 0 heterocycles. The number of fused-ring (bicyclic) bond motifs is 5. The number of hydrogen-bond acceptors (Lipinski definition) is 2. The van der Waals surface area contributed by atoms with Gasteiger partial charge in [-0.3, -0.25) is 4.79 Å². The summed E-state index contributed by atoms with van der Waals surface area (Å²) in [6.07, 6.45) is 15.1. The van der Waals surface area contributed by atoms with E-state index in [1.54, 1.807) is 0 Å². The minimum Gasteiger partial charge on any atom is -0.414 e. The molecule has 3 heteroatoms. The number of hydrogen-bond donors (Lipinski definition) is 0. The van der Waals surface area contributed by atoms with Crippen LogP contribution in [0.15, 0.2) is 11.6 Å². The summed E-state index contributed by atoms with van der Waals surface area (Å²) in [7, 11) is -1.55. The zero-order valence-electron chi connectivity index (χ0n) is 23.0. The van der Waals surface area contributed by atoms with Crippen LogP contribution >= 0.6 is 0 Å². The molecule has 0 spiro atoms. The second kappa shape index (κ2) is 9.23. The molecule has 0 saturated heterocycles. The number of ketones is 1. The van der Waals surface area contributed by atoms with Crippen LogP contribution in [0.2, 0.25) is 19.6 Å². The van der Waals surface area contributed by atoms with E-state index >= 15 is 0 Å². The Morgan fingerprint density at radius 3 is 2.39 bits per heavy atom. The number of carbonyl (C=O) groups excluding carboxylic acids is 1. The van der Waals surface area contributed by atoms with Crippen LogP contribution in [-0.2, 0) is 9.22 Å². The lowest BCUT2D eigenvalue weighted by Gasteiger charge is -2.58. The molecule has 0 aromatic heterocycles. The molecule has 188 valence electrons. The molecule has 0 aliphatic heterocycles. The first-order valence-corrected chi connectivity index (χ1v) is 17.7. The van der Waals surface area contributed by atoms with Crippen LogP contribution in [0.4, 0.5) is 0 Å². The maximum atomic E-state index is 13.7. The van der Waals surface area contributed by atoms with Gasteiger partial charge in [-0.05, 0) is 111 Å². The SMILES string of the molecule is CC(C)CCC[C@@H](C)[C@H]1CC[C@H]2[C@@H]3C(=O)C=C4CC(O[Si](C)(C)C)CC[C@]4(C)[C@H]3CC[C@]12C. The molecule has 4 aliphatic rings. The highest BCUT2D eigenvalue weighted by Gasteiger charge is 2.61. The van der Waals surface area contributed by atoms with Crippen LogP contribution in [-0.4, -0.2) is 20.2 Å². The normalized spacial score (nSPS) is 41.9. The minimum atomic E-state index is -1.55. The number of allylic oxidation sites excluding steroid dienone is 1. The summed E-state index contributed by atoms with van der Waals surface area (Å²) in [5.41, 5.74) is 2.03. The molecule has 4 rings (SSSR count). The topological polar surface area (TPSA) is 26.3 Å². The largest absolute Gasteiger partial charge is 0.414 e. The van der Waals surface area contributed by atoms with Crippen molar-refractivity contribution in [1.29, 1.82) is 0 Å². The van der Waals surface area contributed by atoms with Gasteiger partial charge in [0.15, 0.2) is 14.1 Å². The van der Waals surface area contributed by atoms with Crippen LogP contribution in [0.5, 0.6) is 0 Å². The molecule has 33 heavy (non-hydrogen) atoms. The predicted molar refractivity (Wildman–Crippen MR) is 142 cm³/mol. The fourth-order valence-electron chi connectivity index (χ4n) is 8.99. The zero-order valence-corrected chi connectivity index (χ0v) is 24.0. The Balaban J connectivity index is 1.51. The predicted octanol–water partition coefficient (Wildman–Crippen LogP) is 8.43. The second-order valence-electron chi connectivity index (χ2n) is 14.4. The molecule has 8 atom stereocenters. The molecule has 0 radical (unpaired) electrons. The molecule has 1 unspecified atom stereocenters. The van der Waals surface area contributed by atoms with E-state index in [4.69, 9.17) is 4.43 Å². The Morgan fingerprint density at radius 1 is 1.00 bits per heavy atom. The van der Waals surface area contributed by atoms with E-state index in [1.165, 1.54) is 63.4 Å². The third kappa shape index (κ3) is 4.84. The van der Waals surface area contributed by atoms with E-state index in [-0.39, 0.29) is 11.3 Å². The fourth-order valence-corrected chi connectivity index (χ4v) is 10.2. The van der Waals surface area contributed by atoms with Crippen molar-refractivity contribution in [2.24, 2.45) is 46.3 Å². The molecule has 0 bridgehead atoms. The van der Waals surface area contributed by atoms with E-state index in [2.05, 4.69) is 60.3 Å². The minimum absolute atomic E-state index is 0.222. The highest BCUT2D eigenvalue weighted by Crippen LogP contribution is 2.66. The lowest BCUT2D eigenvalue weighted by Crippen LogP contribution is -2.54. The van der Waals surface area contributed by atoms with Gasteiger partial charge in [0.1, 0.15) is 0 Å². The van der Waals surface area contributed by atoms with E-state index in [9.17, 15) is 4.79 Å². The highest BCUT2D eigenvalue weighted by molar-refractivity contribution is 6.69. The molecule has 0 amide bonds. The number of carbonyl (C=O) groups is 1. The van der Waals surface area contributed by atoms with Crippen LogP contribution in [0, 0.1) is 46.3 Å². The van der Waals surface area contributed by atoms with Crippen molar-refractivity contribution >= 4 is 14.1 Å². The first-order valence-electron chi connectivity index (χ1n) is 14.3. The van der Waals surface area contributed by atoms with Gasteiger partial charge in [-0.1, -0.05) is 59.5 Å². The first-order chi connectivity index (χ1) is 15.3. The maximum Gasteiger partial charge on any atom is 0.184 e. The van der Waals surface area contributed by atoms with Crippen molar-refractivity contribution in [2.45, 2.75) is 125 Å². The summed E-state index contributed by atoms with van der Waals surface area (Å²) in [4.78, 5) is 13.7. The molecule has 0 aromatic rings. The van der Waals surface area contributed by atoms with Crippen molar-refractivity contribution in [3.8, 4) is 0 Å². The van der Waals surface area contributed by atoms with Gasteiger partial charge in [-0.2, -0.15) is 0 Å². The van der Waals surface area contributed by atoms with Crippen LogP contribution in [0.1, 0.15) is 98.8 Å². The van der Waals surface area contributed by atoms with E-state index in [0.717, 1.165) is 24.2 Å². The van der Waals surface area contributed by atoms with Gasteiger partial charge < -0.3 is 4.43 Å². The Kier molecular flexibility index (Phi) is 7.18. The molecule has 0 N–H and O–H groups in total. The molecule has 4 aliphatic carbocycles. The second-order valence-corrected chi connectivity index (χ2v) is 18.8. The Labute approximate surface area is 205 Å². The van der Waals surface area contributed by atoms with E-state index < -0.39 is 8.32 Å². The third-order valence-corrected chi connectivity index (χ3v) is 11.7. The third-order valence-electron chi connectivity index (χ3n) is 10.6.